The second-order valence-electron chi connectivity index (χ2n) is 17.5. The summed E-state index contributed by atoms with van der Waals surface area (Å²) in [5, 5.41) is 24.5. The summed E-state index contributed by atoms with van der Waals surface area (Å²) in [7, 11) is 1.78. The van der Waals surface area contributed by atoms with E-state index in [1.165, 1.54) is 44.9 Å². The SMILES string of the molecule is C=CCOc1ccc2c(c1)[C@H]1[C@H](CCCCO)[C@@H](CCCCO)C=C3C(=NOC(C)(C)C)C[C@H](N(C)C(=O)OCCCCCCCCCCCC)[C@@](OCC=C)(O2)[C@H]31. The average Bonchev–Trinajstić information content (AvgIpc) is 3.21. The summed E-state index contributed by atoms with van der Waals surface area (Å²) in [5.74, 6) is -0.171. The van der Waals surface area contributed by atoms with E-state index in [0.29, 0.717) is 44.0 Å². The predicted molar refractivity (Wildman–Crippen MR) is 232 cm³/mol. The molecule has 0 saturated heterocycles. The number of aliphatic hydroxyl groups excluding tert-OH is 2. The van der Waals surface area contributed by atoms with Gasteiger partial charge in [0.25, 0.3) is 0 Å². The van der Waals surface area contributed by atoms with E-state index in [0.717, 1.165) is 61.8 Å². The molecule has 0 radical (unpaired) electrons. The van der Waals surface area contributed by atoms with Crippen molar-refractivity contribution in [3.05, 3.63) is 60.7 Å². The monoisotopic (exact) mass is 809 g/mol. The van der Waals surface area contributed by atoms with Gasteiger partial charge in [-0.15, -0.1) is 6.58 Å². The van der Waals surface area contributed by atoms with Crippen molar-refractivity contribution < 1.29 is 38.8 Å². The normalized spacial score (nSPS) is 24.2. The number of hydrogen-bond donors (Lipinski definition) is 2. The summed E-state index contributed by atoms with van der Waals surface area (Å²) in [4.78, 5) is 21.9. The lowest BCUT2D eigenvalue weighted by Crippen LogP contribution is -2.69. The molecule has 1 heterocycles. The molecule has 0 spiro atoms. The lowest BCUT2D eigenvalue weighted by Gasteiger charge is -2.59. The minimum absolute atomic E-state index is 0.123. The maximum Gasteiger partial charge on any atom is 0.409 e. The number of unbranched alkanes of at least 4 members (excludes halogenated alkanes) is 11. The minimum Gasteiger partial charge on any atom is -0.490 e. The number of allylic oxidation sites excluding steroid dienone is 1. The fourth-order valence-corrected chi connectivity index (χ4v) is 9.14. The topological polar surface area (TPSA) is 119 Å². The van der Waals surface area contributed by atoms with Crippen LogP contribution in [0, 0.1) is 17.8 Å². The smallest absolute Gasteiger partial charge is 0.409 e. The molecule has 0 unspecified atom stereocenters. The van der Waals surface area contributed by atoms with Gasteiger partial charge < -0.3 is 38.9 Å². The van der Waals surface area contributed by atoms with E-state index in [4.69, 9.17) is 28.9 Å². The molecule has 1 amide bonds. The van der Waals surface area contributed by atoms with Gasteiger partial charge in [-0.25, -0.2) is 4.79 Å². The van der Waals surface area contributed by atoms with Gasteiger partial charge in [-0.3, -0.25) is 0 Å². The number of aliphatic hydroxyl groups is 2. The van der Waals surface area contributed by atoms with Crippen LogP contribution in [0.4, 0.5) is 4.79 Å². The maximum atomic E-state index is 14.1. The first-order chi connectivity index (χ1) is 28.0. The van der Waals surface area contributed by atoms with E-state index in [9.17, 15) is 15.0 Å². The average molecular weight is 809 g/mol. The molecule has 1 saturated carbocycles. The Labute approximate surface area is 350 Å². The molecule has 10 heteroatoms. The largest absolute Gasteiger partial charge is 0.490 e. The molecule has 6 atom stereocenters. The molecular weight excluding hydrogens is 733 g/mol. The van der Waals surface area contributed by atoms with Gasteiger partial charge >= 0.3 is 6.09 Å². The Hall–Kier alpha value is -3.34. The van der Waals surface area contributed by atoms with Gasteiger partial charge in [0.05, 0.1) is 24.8 Å². The molecular formula is C48H76N2O8. The number of benzene rings is 1. The lowest BCUT2D eigenvalue weighted by atomic mass is 9.55. The molecule has 4 rings (SSSR count). The van der Waals surface area contributed by atoms with Crippen LogP contribution in [0.5, 0.6) is 11.5 Å². The maximum absolute atomic E-state index is 14.1. The molecule has 0 bridgehead atoms. The molecule has 326 valence electrons. The Bertz CT molecular complexity index is 1490. The molecule has 3 aliphatic rings. The van der Waals surface area contributed by atoms with Gasteiger partial charge in [-0.2, -0.15) is 0 Å². The number of amides is 1. The van der Waals surface area contributed by atoms with Crippen LogP contribution in [0.1, 0.15) is 148 Å². The number of fused-ring (bicyclic) bond motifs is 2. The first kappa shape index (κ1) is 47.3. The van der Waals surface area contributed by atoms with Gasteiger partial charge in [-0.05, 0) is 88.5 Å². The quantitative estimate of drug-likeness (QED) is 0.0512. The van der Waals surface area contributed by atoms with Gasteiger partial charge in [-0.1, -0.05) is 108 Å². The highest BCUT2D eigenvalue weighted by atomic mass is 16.7. The van der Waals surface area contributed by atoms with Crippen molar-refractivity contribution in [3.8, 4) is 11.5 Å². The third-order valence-electron chi connectivity index (χ3n) is 11.9. The molecule has 1 aromatic rings. The summed E-state index contributed by atoms with van der Waals surface area (Å²) < 4.78 is 26.3. The summed E-state index contributed by atoms with van der Waals surface area (Å²) in [5.41, 5.74) is 2.22. The van der Waals surface area contributed by atoms with Crippen molar-refractivity contribution in [2.45, 2.75) is 160 Å². The van der Waals surface area contributed by atoms with E-state index >= 15 is 0 Å². The second-order valence-corrected chi connectivity index (χ2v) is 17.5. The molecule has 58 heavy (non-hydrogen) atoms. The number of rotatable bonds is 27. The van der Waals surface area contributed by atoms with Crippen LogP contribution >= 0.6 is 0 Å². The first-order valence-electron chi connectivity index (χ1n) is 22.4. The molecule has 2 aliphatic carbocycles. The van der Waals surface area contributed by atoms with Crippen molar-refractivity contribution in [3.63, 3.8) is 0 Å². The van der Waals surface area contributed by atoms with Crippen LogP contribution < -0.4 is 9.47 Å². The fraction of sp³-hybridized carbons (Fsp3) is 0.708. The third-order valence-corrected chi connectivity index (χ3v) is 11.9. The van der Waals surface area contributed by atoms with Crippen LogP contribution in [0.2, 0.25) is 0 Å². The molecule has 0 aromatic heterocycles. The number of ether oxygens (including phenoxy) is 4. The Morgan fingerprint density at radius 3 is 2.22 bits per heavy atom. The molecule has 1 aliphatic heterocycles. The van der Waals surface area contributed by atoms with Crippen molar-refractivity contribution >= 4 is 11.8 Å². The van der Waals surface area contributed by atoms with Crippen molar-refractivity contribution in [1.29, 1.82) is 0 Å². The number of oxime groups is 1. The van der Waals surface area contributed by atoms with Crippen molar-refractivity contribution in [2.24, 2.45) is 22.9 Å². The van der Waals surface area contributed by atoms with Crippen LogP contribution in [-0.4, -0.2) is 84.4 Å². The predicted octanol–water partition coefficient (Wildman–Crippen LogP) is 10.7. The Balaban J connectivity index is 1.76. The fourth-order valence-electron chi connectivity index (χ4n) is 9.14. The standard InChI is InChI=1S/C48H76N2O8/c1-8-11-12-13-14-15-16-17-18-23-32-55-46(53)50(7)43-35-41(49-58-47(4,5)6)39-33-36(24-19-21-28-51)38(25-20-22-29-52)44-40-34-37(54-30-9-2)26-27-42(40)57-48(43,45(39)44)56-31-10-3/h9-10,26-27,33-34,36,38,43-45,51-52H,2-3,8,11-25,28-32,35H2,1,4-7H3/t36-,38+,43-,44+,45+,48+/m0/s1. The summed E-state index contributed by atoms with van der Waals surface area (Å²) in [6.07, 6.45) is 22.6. The van der Waals surface area contributed by atoms with Crippen LogP contribution in [0.3, 0.4) is 0 Å². The van der Waals surface area contributed by atoms with E-state index in [2.05, 4.69) is 32.2 Å². The third kappa shape index (κ3) is 12.8. The van der Waals surface area contributed by atoms with Crippen molar-refractivity contribution in [1.82, 2.24) is 4.90 Å². The summed E-state index contributed by atoms with van der Waals surface area (Å²) in [6.45, 7) is 17.2. The minimum atomic E-state index is -1.32. The van der Waals surface area contributed by atoms with Gasteiger partial charge in [0.2, 0.25) is 5.79 Å². The summed E-state index contributed by atoms with van der Waals surface area (Å²) >= 11 is 0. The lowest BCUT2D eigenvalue weighted by molar-refractivity contribution is -0.253. The highest BCUT2D eigenvalue weighted by molar-refractivity contribution is 6.03. The van der Waals surface area contributed by atoms with E-state index in [1.54, 1.807) is 24.1 Å². The zero-order valence-corrected chi connectivity index (χ0v) is 36.6. The Morgan fingerprint density at radius 2 is 1.59 bits per heavy atom. The first-order valence-corrected chi connectivity index (χ1v) is 22.4. The number of hydrogen-bond acceptors (Lipinski definition) is 9. The van der Waals surface area contributed by atoms with E-state index < -0.39 is 23.5 Å². The zero-order chi connectivity index (χ0) is 42.0. The molecule has 10 nitrogen and oxygen atoms in total. The Kier molecular flexibility index (Phi) is 19.6. The van der Waals surface area contributed by atoms with Gasteiger partial charge in [0.1, 0.15) is 29.7 Å². The van der Waals surface area contributed by atoms with Crippen LogP contribution in [0.15, 0.2) is 60.3 Å². The highest BCUT2D eigenvalue weighted by Gasteiger charge is 2.65. The van der Waals surface area contributed by atoms with Gasteiger partial charge in [0, 0.05) is 38.2 Å². The number of nitrogens with zero attached hydrogens (tertiary/aromatic N) is 2. The van der Waals surface area contributed by atoms with Gasteiger partial charge in [0.15, 0.2) is 0 Å². The van der Waals surface area contributed by atoms with E-state index in [-0.39, 0.29) is 43.5 Å². The molecule has 1 aromatic carbocycles. The van der Waals surface area contributed by atoms with Crippen molar-refractivity contribution in [2.75, 3.05) is 40.1 Å². The Morgan fingerprint density at radius 1 is 0.931 bits per heavy atom. The zero-order valence-electron chi connectivity index (χ0n) is 36.6. The van der Waals surface area contributed by atoms with Crippen LogP contribution in [-0.2, 0) is 14.3 Å². The highest BCUT2D eigenvalue weighted by Crippen LogP contribution is 2.61. The second kappa shape index (κ2) is 24.0. The number of likely N-dealkylation sites (N-methyl/N-ethyl adjacent to an activating group) is 1. The number of carbonyl (C=O) groups is 1. The molecule has 1 fully saturated rings. The number of carbonyl (C=O) groups excluding carboxylic acids is 1. The van der Waals surface area contributed by atoms with Crippen LogP contribution in [0.25, 0.3) is 0 Å². The molecule has 2 N–H and O–H groups in total. The summed E-state index contributed by atoms with van der Waals surface area (Å²) in [6, 6.07) is 5.33. The van der Waals surface area contributed by atoms with E-state index in [1.807, 2.05) is 32.9 Å².